The third kappa shape index (κ3) is 4.06. The van der Waals surface area contributed by atoms with Crippen molar-refractivity contribution in [3.63, 3.8) is 0 Å². The van der Waals surface area contributed by atoms with Crippen molar-refractivity contribution in [3.05, 3.63) is 35.7 Å². The van der Waals surface area contributed by atoms with E-state index in [-0.39, 0.29) is 18.9 Å². The highest BCUT2D eigenvalue weighted by molar-refractivity contribution is 5.75. The number of nitrogens with zero attached hydrogens (tertiary/aromatic N) is 3. The number of aromatic amines is 1. The van der Waals surface area contributed by atoms with Gasteiger partial charge in [-0.15, -0.1) is 10.2 Å². The van der Waals surface area contributed by atoms with Gasteiger partial charge in [-0.3, -0.25) is 4.79 Å². The van der Waals surface area contributed by atoms with Gasteiger partial charge in [0.25, 0.3) is 0 Å². The lowest BCUT2D eigenvalue weighted by molar-refractivity contribution is -0.121. The summed E-state index contributed by atoms with van der Waals surface area (Å²) in [6.07, 6.45) is 0.284. The molecule has 0 atom stereocenters. The number of carbonyl (C=O) groups is 1. The lowest BCUT2D eigenvalue weighted by atomic mass is 10.2. The van der Waals surface area contributed by atoms with Crippen LogP contribution in [0.25, 0.3) is 0 Å². The molecule has 1 heterocycles. The highest BCUT2D eigenvalue weighted by atomic mass is 16.5. The highest BCUT2D eigenvalue weighted by Crippen LogP contribution is 2.15. The van der Waals surface area contributed by atoms with E-state index in [1.165, 1.54) is 0 Å². The number of rotatable bonds is 6. The minimum absolute atomic E-state index is 0.113. The first-order valence-electron chi connectivity index (χ1n) is 5.93. The van der Waals surface area contributed by atoms with Gasteiger partial charge >= 0.3 is 0 Å². The predicted molar refractivity (Wildman–Crippen MR) is 67.3 cm³/mol. The summed E-state index contributed by atoms with van der Waals surface area (Å²) >= 11 is 0. The number of aromatic nitrogens is 4. The third-order valence-electron chi connectivity index (χ3n) is 2.51. The number of amides is 1. The van der Waals surface area contributed by atoms with E-state index < -0.39 is 0 Å². The van der Waals surface area contributed by atoms with Gasteiger partial charge in [0.15, 0.2) is 5.82 Å². The van der Waals surface area contributed by atoms with Crippen molar-refractivity contribution >= 4 is 5.91 Å². The van der Waals surface area contributed by atoms with Crippen LogP contribution < -0.4 is 10.1 Å². The zero-order valence-electron chi connectivity index (χ0n) is 10.6. The molecular formula is C12H15N5O2. The average Bonchev–Trinajstić information content (AvgIpc) is 2.92. The minimum Gasteiger partial charge on any atom is -0.493 e. The van der Waals surface area contributed by atoms with Crippen LogP contribution >= 0.6 is 0 Å². The van der Waals surface area contributed by atoms with E-state index in [1.807, 2.05) is 31.2 Å². The maximum atomic E-state index is 11.5. The molecule has 0 saturated heterocycles. The van der Waals surface area contributed by atoms with Gasteiger partial charge in [0.1, 0.15) is 5.75 Å². The molecule has 1 amide bonds. The zero-order chi connectivity index (χ0) is 13.5. The molecule has 7 nitrogen and oxygen atoms in total. The number of hydrogen-bond acceptors (Lipinski definition) is 5. The van der Waals surface area contributed by atoms with Crippen molar-refractivity contribution < 1.29 is 9.53 Å². The maximum Gasteiger partial charge on any atom is 0.223 e. The first kappa shape index (κ1) is 13.0. The zero-order valence-corrected chi connectivity index (χ0v) is 10.6. The Bertz CT molecular complexity index is 527. The van der Waals surface area contributed by atoms with E-state index >= 15 is 0 Å². The molecule has 0 aliphatic rings. The van der Waals surface area contributed by atoms with Gasteiger partial charge in [0.05, 0.1) is 19.6 Å². The Morgan fingerprint density at radius 3 is 3.00 bits per heavy atom. The summed E-state index contributed by atoms with van der Waals surface area (Å²) in [7, 11) is 0. The second kappa shape index (κ2) is 6.48. The molecule has 100 valence electrons. The first-order chi connectivity index (χ1) is 9.25. The van der Waals surface area contributed by atoms with Gasteiger partial charge < -0.3 is 10.1 Å². The van der Waals surface area contributed by atoms with Gasteiger partial charge in [-0.1, -0.05) is 23.4 Å². The fourth-order valence-corrected chi connectivity index (χ4v) is 1.50. The van der Waals surface area contributed by atoms with Crippen LogP contribution in [-0.2, 0) is 11.3 Å². The standard InChI is InChI=1S/C12H15N5O2/c1-9-4-2-3-5-10(9)19-7-6-12(18)13-8-11-14-16-17-15-11/h2-5H,6-8H2,1H3,(H,13,18)(H,14,15,16,17). The Morgan fingerprint density at radius 1 is 1.42 bits per heavy atom. The molecule has 1 aromatic heterocycles. The quantitative estimate of drug-likeness (QED) is 0.794. The summed E-state index contributed by atoms with van der Waals surface area (Å²) in [6, 6.07) is 7.69. The molecule has 0 fully saturated rings. The molecule has 0 saturated carbocycles. The average molecular weight is 261 g/mol. The third-order valence-corrected chi connectivity index (χ3v) is 2.51. The van der Waals surface area contributed by atoms with Crippen LogP contribution in [0.1, 0.15) is 17.8 Å². The van der Waals surface area contributed by atoms with Gasteiger partial charge in [0, 0.05) is 0 Å². The van der Waals surface area contributed by atoms with E-state index in [9.17, 15) is 4.79 Å². The molecule has 2 rings (SSSR count). The summed E-state index contributed by atoms with van der Waals surface area (Å²) in [4.78, 5) is 11.5. The van der Waals surface area contributed by atoms with E-state index in [1.54, 1.807) is 0 Å². The van der Waals surface area contributed by atoms with Crippen LogP contribution in [0.3, 0.4) is 0 Å². The molecule has 2 aromatic rings. The molecule has 0 bridgehead atoms. The van der Waals surface area contributed by atoms with Crippen molar-refractivity contribution in [2.24, 2.45) is 0 Å². The summed E-state index contributed by atoms with van der Waals surface area (Å²) in [5, 5.41) is 15.9. The SMILES string of the molecule is Cc1ccccc1OCCC(=O)NCc1nn[nH]n1. The number of carbonyl (C=O) groups excluding carboxylic acids is 1. The topological polar surface area (TPSA) is 92.8 Å². The Kier molecular flexibility index (Phi) is 4.44. The lowest BCUT2D eigenvalue weighted by Gasteiger charge is -2.08. The molecule has 0 unspecified atom stereocenters. The Hall–Kier alpha value is -2.44. The van der Waals surface area contributed by atoms with E-state index in [4.69, 9.17) is 4.74 Å². The van der Waals surface area contributed by atoms with Crippen molar-refractivity contribution in [2.75, 3.05) is 6.61 Å². The number of nitrogens with one attached hydrogen (secondary N) is 2. The molecule has 19 heavy (non-hydrogen) atoms. The maximum absolute atomic E-state index is 11.5. The number of hydrogen-bond donors (Lipinski definition) is 2. The fraction of sp³-hybridized carbons (Fsp3) is 0.333. The van der Waals surface area contributed by atoms with Gasteiger partial charge in [-0.2, -0.15) is 5.21 Å². The number of aryl methyl sites for hydroxylation is 1. The Morgan fingerprint density at radius 2 is 2.26 bits per heavy atom. The predicted octanol–water partition coefficient (Wildman–Crippen LogP) is 0.593. The molecule has 0 aliphatic heterocycles. The number of benzene rings is 1. The number of H-pyrrole nitrogens is 1. The normalized spacial score (nSPS) is 10.2. The molecular weight excluding hydrogens is 246 g/mol. The largest absolute Gasteiger partial charge is 0.493 e. The molecule has 0 aliphatic carbocycles. The lowest BCUT2D eigenvalue weighted by Crippen LogP contribution is -2.25. The molecule has 0 radical (unpaired) electrons. The molecule has 7 heteroatoms. The smallest absolute Gasteiger partial charge is 0.223 e. The van der Waals surface area contributed by atoms with Crippen LogP contribution in [0, 0.1) is 6.92 Å². The second-order valence-electron chi connectivity index (χ2n) is 3.97. The van der Waals surface area contributed by atoms with E-state index in [0.29, 0.717) is 12.4 Å². The van der Waals surface area contributed by atoms with E-state index in [0.717, 1.165) is 11.3 Å². The highest BCUT2D eigenvalue weighted by Gasteiger charge is 2.05. The number of ether oxygens (including phenoxy) is 1. The van der Waals surface area contributed by atoms with Crippen molar-refractivity contribution in [2.45, 2.75) is 19.9 Å². The fourth-order valence-electron chi connectivity index (χ4n) is 1.50. The Labute approximate surface area is 110 Å². The minimum atomic E-state index is -0.113. The molecule has 2 N–H and O–H groups in total. The summed E-state index contributed by atoms with van der Waals surface area (Å²) in [5.74, 6) is 1.14. The summed E-state index contributed by atoms with van der Waals surface area (Å²) in [6.45, 7) is 2.56. The molecule has 1 aromatic carbocycles. The molecule has 0 spiro atoms. The van der Waals surface area contributed by atoms with Crippen molar-refractivity contribution in [3.8, 4) is 5.75 Å². The van der Waals surface area contributed by atoms with Crippen molar-refractivity contribution in [1.29, 1.82) is 0 Å². The first-order valence-corrected chi connectivity index (χ1v) is 5.93. The number of para-hydroxylation sites is 1. The van der Waals surface area contributed by atoms with Crippen LogP contribution in [-0.4, -0.2) is 33.1 Å². The monoisotopic (exact) mass is 261 g/mol. The number of tetrazole rings is 1. The summed E-state index contributed by atoms with van der Waals surface area (Å²) < 4.78 is 5.53. The van der Waals surface area contributed by atoms with Crippen LogP contribution in [0.2, 0.25) is 0 Å². The summed E-state index contributed by atoms with van der Waals surface area (Å²) in [5.41, 5.74) is 1.05. The van der Waals surface area contributed by atoms with Crippen LogP contribution in [0.5, 0.6) is 5.75 Å². The van der Waals surface area contributed by atoms with Gasteiger partial charge in [-0.05, 0) is 18.6 Å². The second-order valence-corrected chi connectivity index (χ2v) is 3.97. The Balaban J connectivity index is 1.68. The van der Waals surface area contributed by atoms with Crippen molar-refractivity contribution in [1.82, 2.24) is 25.9 Å². The van der Waals surface area contributed by atoms with Gasteiger partial charge in [0.2, 0.25) is 5.91 Å². The van der Waals surface area contributed by atoms with E-state index in [2.05, 4.69) is 25.9 Å². The van der Waals surface area contributed by atoms with Gasteiger partial charge in [-0.25, -0.2) is 0 Å². The van der Waals surface area contributed by atoms with Crippen LogP contribution in [0.15, 0.2) is 24.3 Å². The van der Waals surface area contributed by atoms with Crippen LogP contribution in [0.4, 0.5) is 0 Å².